The molecule has 0 radical (unpaired) electrons. The molecule has 1 unspecified atom stereocenters. The molecule has 1 aromatic rings. The minimum absolute atomic E-state index is 0.101. The number of nitrogens with two attached hydrogens (primary N) is 1. The van der Waals surface area contributed by atoms with Gasteiger partial charge in [-0.05, 0) is 26.8 Å². The van der Waals surface area contributed by atoms with Gasteiger partial charge in [-0.2, -0.15) is 0 Å². The lowest BCUT2D eigenvalue weighted by molar-refractivity contribution is 0.0604. The van der Waals surface area contributed by atoms with Gasteiger partial charge in [-0.3, -0.25) is 11.3 Å². The number of hydrogen-bond acceptors (Lipinski definition) is 3. The quantitative estimate of drug-likeness (QED) is 0.597. The van der Waals surface area contributed by atoms with E-state index < -0.39 is 0 Å². The SMILES string of the molecule is Cc1ccc(F)c(C(COC(C)C)NN)c1. The number of hydrogen-bond donors (Lipinski definition) is 2. The van der Waals surface area contributed by atoms with Gasteiger partial charge in [0.15, 0.2) is 0 Å². The number of aryl methyl sites for hydroxylation is 1. The fourth-order valence-corrected chi connectivity index (χ4v) is 1.45. The molecular formula is C12H19FN2O. The molecule has 0 aromatic heterocycles. The molecular weight excluding hydrogens is 207 g/mol. The highest BCUT2D eigenvalue weighted by Gasteiger charge is 2.15. The number of rotatable bonds is 5. The second kappa shape index (κ2) is 5.94. The lowest BCUT2D eigenvalue weighted by atomic mass is 10.0. The van der Waals surface area contributed by atoms with Gasteiger partial charge in [0.2, 0.25) is 0 Å². The average molecular weight is 226 g/mol. The van der Waals surface area contributed by atoms with Crippen molar-refractivity contribution in [2.75, 3.05) is 6.61 Å². The molecule has 0 spiro atoms. The molecule has 16 heavy (non-hydrogen) atoms. The summed E-state index contributed by atoms with van der Waals surface area (Å²) in [6.07, 6.45) is 0.101. The van der Waals surface area contributed by atoms with Crippen molar-refractivity contribution in [3.05, 3.63) is 35.1 Å². The van der Waals surface area contributed by atoms with E-state index in [2.05, 4.69) is 5.43 Å². The Hall–Kier alpha value is -0.970. The van der Waals surface area contributed by atoms with Crippen molar-refractivity contribution < 1.29 is 9.13 Å². The smallest absolute Gasteiger partial charge is 0.128 e. The van der Waals surface area contributed by atoms with Crippen molar-refractivity contribution in [1.29, 1.82) is 0 Å². The fraction of sp³-hybridized carbons (Fsp3) is 0.500. The first kappa shape index (κ1) is 13.1. The summed E-state index contributed by atoms with van der Waals surface area (Å²) < 4.78 is 19.0. The summed E-state index contributed by atoms with van der Waals surface area (Å²) in [6, 6.07) is 4.64. The highest BCUT2D eigenvalue weighted by molar-refractivity contribution is 5.26. The van der Waals surface area contributed by atoms with Crippen LogP contribution in [0.1, 0.15) is 31.0 Å². The minimum Gasteiger partial charge on any atom is -0.377 e. The molecule has 0 aliphatic carbocycles. The standard InChI is InChI=1S/C12H19FN2O/c1-8(2)16-7-12(15-14)10-6-9(3)4-5-11(10)13/h4-6,8,12,15H,7,14H2,1-3H3. The van der Waals surface area contributed by atoms with E-state index in [1.54, 1.807) is 12.1 Å². The van der Waals surface area contributed by atoms with Crippen molar-refractivity contribution in [3.8, 4) is 0 Å². The number of benzene rings is 1. The van der Waals surface area contributed by atoms with Gasteiger partial charge in [0.1, 0.15) is 5.82 Å². The lowest BCUT2D eigenvalue weighted by Crippen LogP contribution is -2.32. The molecule has 0 amide bonds. The van der Waals surface area contributed by atoms with Gasteiger partial charge < -0.3 is 4.74 Å². The van der Waals surface area contributed by atoms with E-state index in [0.29, 0.717) is 12.2 Å². The zero-order valence-corrected chi connectivity index (χ0v) is 9.96. The molecule has 0 fully saturated rings. The number of ether oxygens (including phenoxy) is 1. The van der Waals surface area contributed by atoms with E-state index in [-0.39, 0.29) is 18.0 Å². The molecule has 3 N–H and O–H groups in total. The first-order valence-electron chi connectivity index (χ1n) is 5.38. The van der Waals surface area contributed by atoms with Crippen LogP contribution in [0.5, 0.6) is 0 Å². The monoisotopic (exact) mass is 226 g/mol. The Morgan fingerprint density at radius 2 is 2.12 bits per heavy atom. The number of nitrogens with one attached hydrogen (secondary N) is 1. The van der Waals surface area contributed by atoms with Crippen LogP contribution < -0.4 is 11.3 Å². The molecule has 0 aliphatic heterocycles. The van der Waals surface area contributed by atoms with E-state index in [9.17, 15) is 4.39 Å². The van der Waals surface area contributed by atoms with Gasteiger partial charge in [0.25, 0.3) is 0 Å². The molecule has 0 heterocycles. The predicted octanol–water partition coefficient (Wildman–Crippen LogP) is 2.06. The van der Waals surface area contributed by atoms with Gasteiger partial charge in [-0.15, -0.1) is 0 Å². The van der Waals surface area contributed by atoms with E-state index in [1.165, 1.54) is 6.07 Å². The normalized spacial score (nSPS) is 13.1. The third-order valence-electron chi connectivity index (χ3n) is 2.32. The summed E-state index contributed by atoms with van der Waals surface area (Å²) in [6.45, 7) is 6.13. The van der Waals surface area contributed by atoms with Crippen LogP contribution in [-0.4, -0.2) is 12.7 Å². The highest BCUT2D eigenvalue weighted by Crippen LogP contribution is 2.18. The molecule has 1 aromatic carbocycles. The summed E-state index contributed by atoms with van der Waals surface area (Å²) in [5.74, 6) is 5.15. The second-order valence-corrected chi connectivity index (χ2v) is 4.13. The number of hydrazine groups is 1. The molecule has 0 bridgehead atoms. The number of halogens is 1. The zero-order chi connectivity index (χ0) is 12.1. The molecule has 0 saturated carbocycles. The minimum atomic E-state index is -0.317. The first-order chi connectivity index (χ1) is 7.54. The fourth-order valence-electron chi connectivity index (χ4n) is 1.45. The first-order valence-corrected chi connectivity index (χ1v) is 5.38. The molecule has 3 nitrogen and oxygen atoms in total. The summed E-state index contributed by atoms with van der Waals surface area (Å²) in [4.78, 5) is 0. The van der Waals surface area contributed by atoms with Crippen LogP contribution in [0.2, 0.25) is 0 Å². The summed E-state index contributed by atoms with van der Waals surface area (Å²) >= 11 is 0. The zero-order valence-electron chi connectivity index (χ0n) is 9.96. The molecule has 1 rings (SSSR count). The van der Waals surface area contributed by atoms with Crippen LogP contribution in [0.15, 0.2) is 18.2 Å². The van der Waals surface area contributed by atoms with Crippen LogP contribution in [0.25, 0.3) is 0 Å². The van der Waals surface area contributed by atoms with Crippen LogP contribution in [0.3, 0.4) is 0 Å². The van der Waals surface area contributed by atoms with Crippen molar-refractivity contribution >= 4 is 0 Å². The summed E-state index contributed by atoms with van der Waals surface area (Å²) in [5, 5.41) is 0. The average Bonchev–Trinajstić information content (AvgIpc) is 2.23. The van der Waals surface area contributed by atoms with Gasteiger partial charge in [0.05, 0.1) is 18.8 Å². The molecule has 0 saturated heterocycles. The molecule has 90 valence electrons. The van der Waals surface area contributed by atoms with E-state index in [0.717, 1.165) is 5.56 Å². The van der Waals surface area contributed by atoms with E-state index in [4.69, 9.17) is 10.6 Å². The molecule has 1 atom stereocenters. The Morgan fingerprint density at radius 1 is 1.44 bits per heavy atom. The van der Waals surface area contributed by atoms with E-state index >= 15 is 0 Å². The third-order valence-corrected chi connectivity index (χ3v) is 2.32. The Balaban J connectivity index is 2.81. The largest absolute Gasteiger partial charge is 0.377 e. The third kappa shape index (κ3) is 3.56. The Kier molecular flexibility index (Phi) is 4.86. The van der Waals surface area contributed by atoms with Crippen LogP contribution in [0, 0.1) is 12.7 Å². The summed E-state index contributed by atoms with van der Waals surface area (Å²) in [5.41, 5.74) is 4.12. The predicted molar refractivity (Wildman–Crippen MR) is 62.3 cm³/mol. The molecule has 0 aliphatic rings. The van der Waals surface area contributed by atoms with Gasteiger partial charge in [0, 0.05) is 5.56 Å². The van der Waals surface area contributed by atoms with Gasteiger partial charge in [-0.1, -0.05) is 17.7 Å². The van der Waals surface area contributed by atoms with Crippen molar-refractivity contribution in [1.82, 2.24) is 5.43 Å². The van der Waals surface area contributed by atoms with Crippen molar-refractivity contribution in [2.24, 2.45) is 5.84 Å². The summed E-state index contributed by atoms with van der Waals surface area (Å²) in [7, 11) is 0. The Bertz CT molecular complexity index is 342. The maximum atomic E-state index is 13.6. The molecule has 4 heteroatoms. The Morgan fingerprint density at radius 3 is 2.69 bits per heavy atom. The van der Waals surface area contributed by atoms with Crippen LogP contribution in [0.4, 0.5) is 4.39 Å². The lowest BCUT2D eigenvalue weighted by Gasteiger charge is -2.19. The van der Waals surface area contributed by atoms with Crippen molar-refractivity contribution in [3.63, 3.8) is 0 Å². The van der Waals surface area contributed by atoms with E-state index in [1.807, 2.05) is 20.8 Å². The van der Waals surface area contributed by atoms with Crippen LogP contribution >= 0.6 is 0 Å². The van der Waals surface area contributed by atoms with Gasteiger partial charge in [-0.25, -0.2) is 4.39 Å². The van der Waals surface area contributed by atoms with Crippen LogP contribution in [-0.2, 0) is 4.74 Å². The second-order valence-electron chi connectivity index (χ2n) is 4.13. The van der Waals surface area contributed by atoms with Crippen molar-refractivity contribution in [2.45, 2.75) is 32.9 Å². The maximum absolute atomic E-state index is 13.6. The maximum Gasteiger partial charge on any atom is 0.128 e. The Labute approximate surface area is 95.8 Å². The highest BCUT2D eigenvalue weighted by atomic mass is 19.1. The topological polar surface area (TPSA) is 47.3 Å². The van der Waals surface area contributed by atoms with Gasteiger partial charge >= 0.3 is 0 Å².